The van der Waals surface area contributed by atoms with Crippen molar-refractivity contribution >= 4 is 34.4 Å². The molecule has 0 saturated heterocycles. The largest absolute Gasteiger partial charge is 0.349 e. The fourth-order valence-corrected chi connectivity index (χ4v) is 5.88. The molecule has 11 nitrogen and oxygen atoms in total. The molecule has 1 aliphatic carbocycles. The molecule has 3 amide bonds. The summed E-state index contributed by atoms with van der Waals surface area (Å²) in [6, 6.07) is 15.7. The van der Waals surface area contributed by atoms with Gasteiger partial charge in [0, 0.05) is 35.3 Å². The van der Waals surface area contributed by atoms with Crippen LogP contribution in [0.5, 0.6) is 0 Å². The smallest absolute Gasteiger partial charge is 0.323 e. The predicted molar refractivity (Wildman–Crippen MR) is 175 cm³/mol. The molecule has 2 aromatic heterocycles. The molecule has 7 N–H and O–H groups in total. The number of nitrogens with one attached hydrogen (secondary N) is 5. The molecule has 2 heterocycles. The average molecular weight is 612 g/mol. The number of carbonyl (C=O) groups excluding carboxylic acids is 3. The zero-order valence-electron chi connectivity index (χ0n) is 25.9. The minimum Gasteiger partial charge on any atom is -0.349 e. The summed E-state index contributed by atoms with van der Waals surface area (Å²) in [4.78, 5) is 60.9. The van der Waals surface area contributed by atoms with Crippen LogP contribution in [-0.4, -0.2) is 51.3 Å². The maximum absolute atomic E-state index is 13.6. The molecule has 1 aliphatic rings. The number of rotatable bonds is 10. The van der Waals surface area contributed by atoms with Crippen molar-refractivity contribution in [3.05, 3.63) is 82.0 Å². The zero-order valence-corrected chi connectivity index (χ0v) is 25.9. The van der Waals surface area contributed by atoms with Crippen molar-refractivity contribution in [2.45, 2.75) is 65.0 Å². The highest BCUT2D eigenvalue weighted by Crippen LogP contribution is 2.29. The van der Waals surface area contributed by atoms with Crippen LogP contribution in [0, 0.1) is 18.8 Å². The number of benzene rings is 2. The highest BCUT2D eigenvalue weighted by molar-refractivity contribution is 5.99. The number of H-pyrrole nitrogens is 2. The molecule has 0 spiro atoms. The van der Waals surface area contributed by atoms with Crippen molar-refractivity contribution in [3.63, 3.8) is 0 Å². The Labute approximate surface area is 261 Å². The first-order valence-electron chi connectivity index (χ1n) is 15.5. The fourth-order valence-electron chi connectivity index (χ4n) is 5.88. The van der Waals surface area contributed by atoms with E-state index in [0.29, 0.717) is 34.9 Å². The lowest BCUT2D eigenvalue weighted by Crippen LogP contribution is -2.48. The second-order valence-electron chi connectivity index (χ2n) is 12.2. The van der Waals surface area contributed by atoms with Gasteiger partial charge in [0.15, 0.2) is 0 Å². The van der Waals surface area contributed by atoms with Gasteiger partial charge in [-0.05, 0) is 94.3 Å². The van der Waals surface area contributed by atoms with E-state index in [4.69, 9.17) is 5.73 Å². The number of aromatic amines is 2. The summed E-state index contributed by atoms with van der Waals surface area (Å²) >= 11 is 0. The third-order valence-electron chi connectivity index (χ3n) is 8.41. The van der Waals surface area contributed by atoms with Gasteiger partial charge in [0.25, 0.3) is 5.91 Å². The van der Waals surface area contributed by atoms with Crippen molar-refractivity contribution in [1.82, 2.24) is 25.6 Å². The van der Waals surface area contributed by atoms with Crippen LogP contribution >= 0.6 is 0 Å². The molecule has 0 unspecified atom stereocenters. The summed E-state index contributed by atoms with van der Waals surface area (Å²) < 4.78 is 0. The third kappa shape index (κ3) is 7.85. The summed E-state index contributed by atoms with van der Waals surface area (Å²) in [5.74, 6) is -0.414. The number of aromatic nitrogens is 3. The van der Waals surface area contributed by atoms with Gasteiger partial charge in [0.2, 0.25) is 11.8 Å². The van der Waals surface area contributed by atoms with Crippen LogP contribution in [0.25, 0.3) is 22.2 Å². The SMILES string of the molecule is Cc1nc(C(=O)NC(C)C)ccc1-c1ccc(C[C@H](NC(=O)[C@H]2CC[C@H](CN)CC2)C(=O)Nc2ccc3[nH]c(=O)[nH]c3c2)cc1. The molecule has 5 rings (SSSR count). The van der Waals surface area contributed by atoms with Crippen LogP contribution in [0.3, 0.4) is 0 Å². The number of pyridine rings is 1. The molecule has 1 atom stereocenters. The molecule has 11 heteroatoms. The molecule has 1 fully saturated rings. The van der Waals surface area contributed by atoms with Crippen molar-refractivity contribution in [2.75, 3.05) is 11.9 Å². The highest BCUT2D eigenvalue weighted by Gasteiger charge is 2.29. The number of fused-ring (bicyclic) bond motifs is 1. The van der Waals surface area contributed by atoms with E-state index in [-0.39, 0.29) is 41.8 Å². The number of aryl methyl sites for hydroxylation is 1. The summed E-state index contributed by atoms with van der Waals surface area (Å²) in [7, 11) is 0. The number of amides is 3. The maximum atomic E-state index is 13.6. The third-order valence-corrected chi connectivity index (χ3v) is 8.41. The summed E-state index contributed by atoms with van der Waals surface area (Å²) in [5.41, 5.74) is 11.0. The summed E-state index contributed by atoms with van der Waals surface area (Å²) in [5, 5.41) is 8.79. The lowest BCUT2D eigenvalue weighted by Gasteiger charge is -2.28. The predicted octanol–water partition coefficient (Wildman–Crippen LogP) is 3.80. The Bertz CT molecular complexity index is 1730. The molecule has 4 aromatic rings. The highest BCUT2D eigenvalue weighted by atomic mass is 16.2. The first-order valence-corrected chi connectivity index (χ1v) is 15.5. The van der Waals surface area contributed by atoms with E-state index in [2.05, 4.69) is 30.9 Å². The van der Waals surface area contributed by atoms with Crippen LogP contribution in [0.4, 0.5) is 5.69 Å². The van der Waals surface area contributed by atoms with Gasteiger partial charge in [-0.2, -0.15) is 0 Å². The van der Waals surface area contributed by atoms with E-state index < -0.39 is 6.04 Å². The van der Waals surface area contributed by atoms with E-state index >= 15 is 0 Å². The normalized spacial score (nSPS) is 17.2. The second-order valence-corrected chi connectivity index (χ2v) is 12.2. The quantitative estimate of drug-likeness (QED) is 0.159. The van der Waals surface area contributed by atoms with Gasteiger partial charge >= 0.3 is 5.69 Å². The molecular formula is C34H41N7O4. The topological polar surface area (TPSA) is 175 Å². The van der Waals surface area contributed by atoms with Crippen LogP contribution in [0.2, 0.25) is 0 Å². The number of hydrogen-bond acceptors (Lipinski definition) is 6. The second kappa shape index (κ2) is 13.9. The molecule has 0 radical (unpaired) electrons. The van der Waals surface area contributed by atoms with Gasteiger partial charge in [-0.15, -0.1) is 0 Å². The molecule has 236 valence electrons. The number of hydrogen-bond donors (Lipinski definition) is 6. The Hall–Kier alpha value is -4.77. The minimum absolute atomic E-state index is 0.0158. The van der Waals surface area contributed by atoms with E-state index in [0.717, 1.165) is 48.1 Å². The Morgan fingerprint density at radius 1 is 0.933 bits per heavy atom. The number of imidazole rings is 1. The number of carbonyl (C=O) groups is 3. The fraction of sp³-hybridized carbons (Fsp3) is 0.382. The summed E-state index contributed by atoms with van der Waals surface area (Å²) in [6.07, 6.45) is 3.59. The van der Waals surface area contributed by atoms with E-state index in [1.165, 1.54) is 0 Å². The molecule has 0 bridgehead atoms. The van der Waals surface area contributed by atoms with Gasteiger partial charge < -0.3 is 31.7 Å². The Balaban J connectivity index is 1.32. The Morgan fingerprint density at radius 2 is 1.64 bits per heavy atom. The van der Waals surface area contributed by atoms with Crippen LogP contribution in [0.1, 0.15) is 61.3 Å². The van der Waals surface area contributed by atoms with Crippen molar-refractivity contribution in [2.24, 2.45) is 17.6 Å². The summed E-state index contributed by atoms with van der Waals surface area (Å²) in [6.45, 7) is 6.30. The van der Waals surface area contributed by atoms with E-state index in [1.54, 1.807) is 24.3 Å². The number of anilines is 1. The standard InChI is InChI=1S/C34H41N7O4/c1-19(2)36-32(43)28-15-13-26(20(3)37-28)23-8-4-21(5-9-23)16-30(39-31(42)24-10-6-22(18-35)7-11-24)33(44)38-25-12-14-27-29(17-25)41-34(45)40-27/h4-5,8-9,12-15,17,19,22,24,30H,6-7,10-11,16,18,35H2,1-3H3,(H,36,43)(H,38,44)(H,39,42)(H2,40,41,45)/t22-,24-,30-/m0/s1. The number of nitrogens with two attached hydrogens (primary N) is 1. The molecular weight excluding hydrogens is 570 g/mol. The average Bonchev–Trinajstić information content (AvgIpc) is 3.40. The Morgan fingerprint density at radius 3 is 2.31 bits per heavy atom. The molecule has 0 aliphatic heterocycles. The van der Waals surface area contributed by atoms with Crippen LogP contribution in [0.15, 0.2) is 59.4 Å². The molecule has 45 heavy (non-hydrogen) atoms. The Kier molecular flexibility index (Phi) is 9.77. The van der Waals surface area contributed by atoms with Crippen LogP contribution < -0.4 is 27.4 Å². The first kappa shape index (κ1) is 31.6. The van der Waals surface area contributed by atoms with E-state index in [1.807, 2.05) is 51.1 Å². The lowest BCUT2D eigenvalue weighted by atomic mass is 9.81. The lowest BCUT2D eigenvalue weighted by molar-refractivity contribution is -0.130. The van der Waals surface area contributed by atoms with Gasteiger partial charge in [0.1, 0.15) is 11.7 Å². The van der Waals surface area contributed by atoms with Gasteiger partial charge in [-0.1, -0.05) is 30.3 Å². The number of nitrogens with zero attached hydrogens (tertiary/aromatic N) is 1. The van der Waals surface area contributed by atoms with Crippen molar-refractivity contribution in [1.29, 1.82) is 0 Å². The van der Waals surface area contributed by atoms with Gasteiger partial charge in [-0.25, -0.2) is 9.78 Å². The van der Waals surface area contributed by atoms with Crippen molar-refractivity contribution < 1.29 is 14.4 Å². The maximum Gasteiger partial charge on any atom is 0.323 e. The van der Waals surface area contributed by atoms with Crippen molar-refractivity contribution in [3.8, 4) is 11.1 Å². The molecule has 1 saturated carbocycles. The monoisotopic (exact) mass is 611 g/mol. The van der Waals surface area contributed by atoms with Gasteiger partial charge in [-0.3, -0.25) is 14.4 Å². The minimum atomic E-state index is -0.821. The zero-order chi connectivity index (χ0) is 32.1. The van der Waals surface area contributed by atoms with Gasteiger partial charge in [0.05, 0.1) is 11.0 Å². The van der Waals surface area contributed by atoms with Crippen LogP contribution in [-0.2, 0) is 16.0 Å². The van der Waals surface area contributed by atoms with E-state index in [9.17, 15) is 19.2 Å². The molecule has 2 aromatic carbocycles. The first-order chi connectivity index (χ1) is 21.6.